The van der Waals surface area contributed by atoms with Gasteiger partial charge in [0.05, 0.1) is 6.21 Å². The number of rotatable bonds is 3. The molecule has 0 bridgehead atoms. The van der Waals surface area contributed by atoms with E-state index in [0.717, 1.165) is 0 Å². The molecule has 0 saturated heterocycles. The third kappa shape index (κ3) is 6.89. The molecule has 0 aliphatic rings. The predicted octanol–water partition coefficient (Wildman–Crippen LogP) is -0.443. The van der Waals surface area contributed by atoms with Crippen LogP contribution in [0.25, 0.3) is 0 Å². The number of thiocarbonyl (C=S) groups is 2. The van der Waals surface area contributed by atoms with Crippen molar-refractivity contribution in [3.8, 4) is 0 Å². The van der Waals surface area contributed by atoms with Crippen LogP contribution in [0, 0.1) is 0 Å². The number of nitrogens with one attached hydrogen (secondary N) is 2. The van der Waals surface area contributed by atoms with E-state index in [1.54, 1.807) is 5.43 Å². The smallest absolute Gasteiger partial charge is 0.375 e. The summed E-state index contributed by atoms with van der Waals surface area (Å²) in [5, 5.41) is 5.31. The number of nitrogens with zero attached hydrogens (tertiary/aromatic N) is 2. The fourth-order valence-electron chi connectivity index (χ4n) is 0.438. The van der Waals surface area contributed by atoms with Gasteiger partial charge in [-0.1, -0.05) is 0 Å². The van der Waals surface area contributed by atoms with Gasteiger partial charge in [0.25, 0.3) is 0 Å². The standard InChI is InChI=1S/C5H7F3N6S2/c6-5(7,8)2(12-14-4(10)16)1-11-13-3(9)15/h1H,(H3,9,13,15)(H3,10,14,16)/b11-1+,12-2-. The van der Waals surface area contributed by atoms with Crippen molar-refractivity contribution in [1.29, 1.82) is 0 Å². The molecule has 11 heteroatoms. The van der Waals surface area contributed by atoms with E-state index in [4.69, 9.17) is 11.5 Å². The number of hydrazone groups is 2. The first kappa shape index (κ1) is 14.5. The van der Waals surface area contributed by atoms with Crippen molar-refractivity contribution in [2.75, 3.05) is 0 Å². The quantitative estimate of drug-likeness (QED) is 0.315. The highest BCUT2D eigenvalue weighted by Crippen LogP contribution is 2.15. The van der Waals surface area contributed by atoms with Gasteiger partial charge in [-0.05, 0) is 24.4 Å². The van der Waals surface area contributed by atoms with Crippen molar-refractivity contribution in [2.24, 2.45) is 21.7 Å². The minimum Gasteiger partial charge on any atom is -0.375 e. The van der Waals surface area contributed by atoms with Crippen LogP contribution in [-0.2, 0) is 0 Å². The molecule has 90 valence electrons. The summed E-state index contributed by atoms with van der Waals surface area (Å²) in [5.74, 6) is 0. The Bertz CT molecular complexity index is 336. The predicted molar refractivity (Wildman–Crippen MR) is 61.8 cm³/mol. The average Bonchev–Trinajstić information content (AvgIpc) is 2.07. The Kier molecular flexibility index (Phi) is 5.60. The summed E-state index contributed by atoms with van der Waals surface area (Å²) in [7, 11) is 0. The van der Waals surface area contributed by atoms with E-state index >= 15 is 0 Å². The van der Waals surface area contributed by atoms with Gasteiger partial charge in [-0.15, -0.1) is 0 Å². The molecule has 0 aromatic carbocycles. The van der Waals surface area contributed by atoms with Gasteiger partial charge in [0.1, 0.15) is 0 Å². The van der Waals surface area contributed by atoms with E-state index in [1.807, 2.05) is 5.43 Å². The summed E-state index contributed by atoms with van der Waals surface area (Å²) in [6.45, 7) is 0. The highest BCUT2D eigenvalue weighted by molar-refractivity contribution is 7.80. The summed E-state index contributed by atoms with van der Waals surface area (Å²) in [5.41, 5.74) is 12.2. The third-order valence-corrected chi connectivity index (χ3v) is 1.12. The van der Waals surface area contributed by atoms with Crippen LogP contribution in [0.4, 0.5) is 13.2 Å². The zero-order valence-corrected chi connectivity index (χ0v) is 9.21. The lowest BCUT2D eigenvalue weighted by molar-refractivity contribution is -0.0567. The van der Waals surface area contributed by atoms with Crippen LogP contribution in [0.5, 0.6) is 0 Å². The summed E-state index contributed by atoms with van der Waals surface area (Å²) in [6, 6.07) is 0. The van der Waals surface area contributed by atoms with E-state index in [2.05, 4.69) is 34.6 Å². The maximum absolute atomic E-state index is 12.3. The molecule has 0 spiro atoms. The summed E-state index contributed by atoms with van der Waals surface area (Å²) in [4.78, 5) is 0. The lowest BCUT2D eigenvalue weighted by atomic mass is 10.4. The third-order valence-electron chi connectivity index (χ3n) is 0.939. The second kappa shape index (κ2) is 6.17. The molecular weight excluding hydrogens is 265 g/mol. The van der Waals surface area contributed by atoms with Crippen molar-refractivity contribution in [3.05, 3.63) is 0 Å². The van der Waals surface area contributed by atoms with E-state index < -0.39 is 17.0 Å². The molecule has 16 heavy (non-hydrogen) atoms. The van der Waals surface area contributed by atoms with Gasteiger partial charge in [0.15, 0.2) is 15.9 Å². The van der Waals surface area contributed by atoms with Crippen molar-refractivity contribution < 1.29 is 13.2 Å². The maximum Gasteiger partial charge on any atom is 0.436 e. The summed E-state index contributed by atoms with van der Waals surface area (Å²) >= 11 is 8.60. The first-order valence-corrected chi connectivity index (χ1v) is 4.34. The van der Waals surface area contributed by atoms with Gasteiger partial charge in [-0.2, -0.15) is 23.4 Å². The number of hydrogen-bond donors (Lipinski definition) is 4. The molecule has 0 fully saturated rings. The average molecular weight is 272 g/mol. The van der Waals surface area contributed by atoms with E-state index in [-0.39, 0.29) is 5.11 Å². The molecule has 6 N–H and O–H groups in total. The minimum atomic E-state index is -4.71. The van der Waals surface area contributed by atoms with Crippen LogP contribution in [0.2, 0.25) is 0 Å². The van der Waals surface area contributed by atoms with Crippen LogP contribution in [-0.4, -0.2) is 28.3 Å². The molecule has 0 radical (unpaired) electrons. The number of nitrogens with two attached hydrogens (primary N) is 2. The zero-order chi connectivity index (χ0) is 12.8. The first-order valence-electron chi connectivity index (χ1n) is 3.52. The van der Waals surface area contributed by atoms with Crippen LogP contribution in [0.15, 0.2) is 10.2 Å². The monoisotopic (exact) mass is 272 g/mol. The highest BCUT2D eigenvalue weighted by Gasteiger charge is 2.35. The summed E-state index contributed by atoms with van der Waals surface area (Å²) in [6.07, 6.45) is -4.33. The number of hydrogen-bond acceptors (Lipinski definition) is 4. The lowest BCUT2D eigenvalue weighted by Gasteiger charge is -2.05. The van der Waals surface area contributed by atoms with E-state index in [0.29, 0.717) is 6.21 Å². The molecule has 0 rings (SSSR count). The largest absolute Gasteiger partial charge is 0.436 e. The van der Waals surface area contributed by atoms with E-state index in [1.165, 1.54) is 0 Å². The molecule has 0 aromatic rings. The van der Waals surface area contributed by atoms with Gasteiger partial charge in [0, 0.05) is 0 Å². The maximum atomic E-state index is 12.3. The molecular formula is C5H7F3N6S2. The molecule has 0 unspecified atom stereocenters. The van der Waals surface area contributed by atoms with Crippen LogP contribution in [0.3, 0.4) is 0 Å². The second-order valence-electron chi connectivity index (χ2n) is 2.21. The number of halogens is 3. The Labute approximate surface area is 98.9 Å². The molecule has 0 aliphatic heterocycles. The van der Waals surface area contributed by atoms with Crippen LogP contribution < -0.4 is 22.3 Å². The first-order chi connectivity index (χ1) is 7.23. The summed E-state index contributed by atoms with van der Waals surface area (Å²) < 4.78 is 36.8. The molecule has 0 aromatic heterocycles. The Balaban J connectivity index is 4.69. The molecule has 0 aliphatic carbocycles. The van der Waals surface area contributed by atoms with Gasteiger partial charge < -0.3 is 11.5 Å². The van der Waals surface area contributed by atoms with Gasteiger partial charge in [-0.25, -0.2) is 0 Å². The number of alkyl halides is 3. The van der Waals surface area contributed by atoms with Crippen LogP contribution in [0.1, 0.15) is 0 Å². The SMILES string of the molecule is NC(=S)N/N=C(/C=N/NC(N)=S)C(F)(F)F. The molecule has 0 atom stereocenters. The van der Waals surface area contributed by atoms with Gasteiger partial charge in [0.2, 0.25) is 0 Å². The molecule has 0 heterocycles. The van der Waals surface area contributed by atoms with Crippen molar-refractivity contribution in [1.82, 2.24) is 10.9 Å². The molecule has 6 nitrogen and oxygen atoms in total. The topological polar surface area (TPSA) is 101 Å². The minimum absolute atomic E-state index is 0.278. The second-order valence-corrected chi connectivity index (χ2v) is 3.08. The normalized spacial score (nSPS) is 12.6. The fourth-order valence-corrected chi connectivity index (χ4v) is 0.536. The van der Waals surface area contributed by atoms with Gasteiger partial charge >= 0.3 is 6.18 Å². The Hall–Kier alpha value is -1.49. The van der Waals surface area contributed by atoms with Crippen molar-refractivity contribution in [2.45, 2.75) is 6.18 Å². The highest BCUT2D eigenvalue weighted by atomic mass is 32.1. The van der Waals surface area contributed by atoms with Crippen molar-refractivity contribution >= 4 is 46.6 Å². The molecule has 0 amide bonds. The molecule has 0 saturated carbocycles. The van der Waals surface area contributed by atoms with Crippen molar-refractivity contribution in [3.63, 3.8) is 0 Å². The Morgan fingerprint density at radius 1 is 1.12 bits per heavy atom. The Morgan fingerprint density at radius 2 is 1.62 bits per heavy atom. The van der Waals surface area contributed by atoms with Gasteiger partial charge in [-0.3, -0.25) is 10.9 Å². The lowest BCUT2D eigenvalue weighted by Crippen LogP contribution is -2.32. The fraction of sp³-hybridized carbons (Fsp3) is 0.200. The van der Waals surface area contributed by atoms with E-state index in [9.17, 15) is 13.2 Å². The van der Waals surface area contributed by atoms with Crippen LogP contribution >= 0.6 is 24.4 Å². The zero-order valence-electron chi connectivity index (χ0n) is 7.58. The Morgan fingerprint density at radius 3 is 2.00 bits per heavy atom.